The van der Waals surface area contributed by atoms with E-state index in [1.165, 1.54) is 0 Å². The van der Waals surface area contributed by atoms with Crippen molar-refractivity contribution in [2.45, 2.75) is 26.2 Å². The maximum absolute atomic E-state index is 11.3. The van der Waals surface area contributed by atoms with Crippen molar-refractivity contribution in [1.29, 1.82) is 0 Å². The zero-order valence-electron chi connectivity index (χ0n) is 8.42. The van der Waals surface area contributed by atoms with Crippen LogP contribution in [0.1, 0.15) is 26.2 Å². The van der Waals surface area contributed by atoms with Crippen LogP contribution in [0, 0.1) is 5.92 Å². The Kier molecular flexibility index (Phi) is 7.30. The third-order valence-electron chi connectivity index (χ3n) is 1.98. The summed E-state index contributed by atoms with van der Waals surface area (Å²) >= 11 is 0. The molecule has 3 heteroatoms. The average molecular weight is 185 g/mol. The monoisotopic (exact) mass is 185 g/mol. The van der Waals surface area contributed by atoms with E-state index in [0.717, 1.165) is 12.8 Å². The van der Waals surface area contributed by atoms with Crippen molar-refractivity contribution in [3.63, 3.8) is 0 Å². The van der Waals surface area contributed by atoms with Crippen LogP contribution in [-0.4, -0.2) is 24.7 Å². The molecule has 13 heavy (non-hydrogen) atoms. The van der Waals surface area contributed by atoms with Gasteiger partial charge in [0.1, 0.15) is 0 Å². The second kappa shape index (κ2) is 7.80. The van der Waals surface area contributed by atoms with Gasteiger partial charge in [0.15, 0.2) is 0 Å². The van der Waals surface area contributed by atoms with Crippen LogP contribution in [-0.2, 0) is 4.79 Å². The van der Waals surface area contributed by atoms with Gasteiger partial charge in [-0.15, -0.1) is 0 Å². The van der Waals surface area contributed by atoms with E-state index in [1.807, 2.05) is 19.1 Å². The van der Waals surface area contributed by atoms with Crippen molar-refractivity contribution >= 4 is 5.91 Å². The highest BCUT2D eigenvalue weighted by Gasteiger charge is 2.14. The fourth-order valence-electron chi connectivity index (χ4n) is 1.20. The molecule has 2 N–H and O–H groups in total. The van der Waals surface area contributed by atoms with E-state index in [2.05, 4.69) is 5.32 Å². The van der Waals surface area contributed by atoms with Gasteiger partial charge < -0.3 is 10.4 Å². The van der Waals surface area contributed by atoms with Gasteiger partial charge in [0, 0.05) is 19.6 Å². The highest BCUT2D eigenvalue weighted by Crippen LogP contribution is 2.11. The Morgan fingerprint density at radius 3 is 2.77 bits per heavy atom. The predicted octanol–water partition coefficient (Wildman–Crippen LogP) is 1.09. The molecule has 0 radical (unpaired) electrons. The average Bonchev–Trinajstić information content (AvgIpc) is 2.17. The molecule has 0 heterocycles. The summed E-state index contributed by atoms with van der Waals surface area (Å²) in [7, 11) is 1.64. The van der Waals surface area contributed by atoms with Gasteiger partial charge in [-0.3, -0.25) is 4.79 Å². The Labute approximate surface area is 79.8 Å². The maximum Gasteiger partial charge on any atom is 0.223 e. The van der Waals surface area contributed by atoms with E-state index in [0.29, 0.717) is 6.42 Å². The lowest BCUT2D eigenvalue weighted by atomic mass is 9.98. The molecule has 76 valence electrons. The first-order valence-electron chi connectivity index (χ1n) is 4.69. The molecule has 0 rings (SSSR count). The SMILES string of the molecule is CC=CC[C@@H](CCCO)C(=O)NC. The van der Waals surface area contributed by atoms with Gasteiger partial charge in [-0.25, -0.2) is 0 Å². The zero-order valence-corrected chi connectivity index (χ0v) is 8.42. The molecule has 0 saturated carbocycles. The molecular formula is C10H19NO2. The van der Waals surface area contributed by atoms with Gasteiger partial charge in [0.2, 0.25) is 5.91 Å². The molecule has 0 fully saturated rings. The minimum atomic E-state index is 0.00773. The van der Waals surface area contributed by atoms with Crippen LogP contribution in [0.3, 0.4) is 0 Å². The third kappa shape index (κ3) is 5.42. The Balaban J connectivity index is 3.94. The summed E-state index contributed by atoms with van der Waals surface area (Å²) in [4.78, 5) is 11.3. The van der Waals surface area contributed by atoms with Crippen molar-refractivity contribution in [3.05, 3.63) is 12.2 Å². The summed E-state index contributed by atoms with van der Waals surface area (Å²) in [5.41, 5.74) is 0. The number of hydrogen-bond donors (Lipinski definition) is 2. The van der Waals surface area contributed by atoms with Gasteiger partial charge >= 0.3 is 0 Å². The number of carbonyl (C=O) groups excluding carboxylic acids is 1. The van der Waals surface area contributed by atoms with Crippen LogP contribution < -0.4 is 5.32 Å². The number of aliphatic hydroxyl groups excluding tert-OH is 1. The minimum Gasteiger partial charge on any atom is -0.396 e. The summed E-state index contributed by atoms with van der Waals surface area (Å²) in [5, 5.41) is 11.3. The molecule has 0 aromatic rings. The smallest absolute Gasteiger partial charge is 0.223 e. The van der Waals surface area contributed by atoms with E-state index in [4.69, 9.17) is 5.11 Å². The number of nitrogens with one attached hydrogen (secondary N) is 1. The van der Waals surface area contributed by atoms with Crippen LogP contribution in [0.4, 0.5) is 0 Å². The van der Waals surface area contributed by atoms with E-state index >= 15 is 0 Å². The second-order valence-electron chi connectivity index (χ2n) is 2.98. The van der Waals surface area contributed by atoms with Crippen LogP contribution >= 0.6 is 0 Å². The normalized spacial score (nSPS) is 13.2. The standard InChI is InChI=1S/C10H19NO2/c1-3-4-6-9(7-5-8-12)10(13)11-2/h3-4,9,12H,5-8H2,1-2H3,(H,11,13)/t9-/m0/s1. The van der Waals surface area contributed by atoms with Crippen molar-refractivity contribution in [3.8, 4) is 0 Å². The van der Waals surface area contributed by atoms with Crippen LogP contribution in [0.2, 0.25) is 0 Å². The van der Waals surface area contributed by atoms with E-state index in [-0.39, 0.29) is 18.4 Å². The van der Waals surface area contributed by atoms with E-state index in [1.54, 1.807) is 7.05 Å². The lowest BCUT2D eigenvalue weighted by Gasteiger charge is -2.12. The van der Waals surface area contributed by atoms with Gasteiger partial charge in [-0.1, -0.05) is 12.2 Å². The largest absolute Gasteiger partial charge is 0.396 e. The number of carbonyl (C=O) groups is 1. The van der Waals surface area contributed by atoms with E-state index < -0.39 is 0 Å². The third-order valence-corrected chi connectivity index (χ3v) is 1.98. The fourth-order valence-corrected chi connectivity index (χ4v) is 1.20. The Hall–Kier alpha value is -0.830. The molecule has 0 unspecified atom stereocenters. The van der Waals surface area contributed by atoms with Crippen molar-refractivity contribution in [1.82, 2.24) is 5.32 Å². The molecule has 0 aromatic heterocycles. The molecule has 0 aromatic carbocycles. The van der Waals surface area contributed by atoms with Crippen molar-refractivity contribution in [2.75, 3.05) is 13.7 Å². The lowest BCUT2D eigenvalue weighted by Crippen LogP contribution is -2.27. The first kappa shape index (κ1) is 12.2. The molecule has 1 atom stereocenters. The Morgan fingerprint density at radius 2 is 2.31 bits per heavy atom. The fraction of sp³-hybridized carbons (Fsp3) is 0.700. The first-order valence-corrected chi connectivity index (χ1v) is 4.69. The number of hydrogen-bond acceptors (Lipinski definition) is 2. The van der Waals surface area contributed by atoms with E-state index in [9.17, 15) is 4.79 Å². The summed E-state index contributed by atoms with van der Waals surface area (Å²) in [6.07, 6.45) is 6.12. The zero-order chi connectivity index (χ0) is 10.1. The number of rotatable bonds is 6. The molecule has 0 spiro atoms. The van der Waals surface area contributed by atoms with Gasteiger partial charge in [0.25, 0.3) is 0 Å². The summed E-state index contributed by atoms with van der Waals surface area (Å²) in [5.74, 6) is 0.0694. The summed E-state index contributed by atoms with van der Waals surface area (Å²) in [6.45, 7) is 2.09. The minimum absolute atomic E-state index is 0.00773. The number of allylic oxidation sites excluding steroid dienone is 2. The van der Waals surface area contributed by atoms with Crippen molar-refractivity contribution < 1.29 is 9.90 Å². The first-order chi connectivity index (χ1) is 6.26. The molecule has 0 bridgehead atoms. The number of amides is 1. The molecule has 3 nitrogen and oxygen atoms in total. The van der Waals surface area contributed by atoms with Crippen LogP contribution in [0.5, 0.6) is 0 Å². The van der Waals surface area contributed by atoms with Gasteiger partial charge in [0.05, 0.1) is 0 Å². The second-order valence-corrected chi connectivity index (χ2v) is 2.98. The maximum atomic E-state index is 11.3. The Bertz CT molecular complexity index is 166. The molecule has 0 saturated heterocycles. The quantitative estimate of drug-likeness (QED) is 0.608. The Morgan fingerprint density at radius 1 is 1.62 bits per heavy atom. The predicted molar refractivity (Wildman–Crippen MR) is 53.3 cm³/mol. The molecule has 0 aliphatic carbocycles. The summed E-state index contributed by atoms with van der Waals surface area (Å²) < 4.78 is 0. The molecular weight excluding hydrogens is 166 g/mol. The van der Waals surface area contributed by atoms with Crippen molar-refractivity contribution in [2.24, 2.45) is 5.92 Å². The van der Waals surface area contributed by atoms with Crippen LogP contribution in [0.25, 0.3) is 0 Å². The number of aliphatic hydroxyl groups is 1. The van der Waals surface area contributed by atoms with Gasteiger partial charge in [-0.2, -0.15) is 0 Å². The van der Waals surface area contributed by atoms with Crippen LogP contribution in [0.15, 0.2) is 12.2 Å². The molecule has 0 aliphatic rings. The highest BCUT2D eigenvalue weighted by molar-refractivity contribution is 5.78. The lowest BCUT2D eigenvalue weighted by molar-refractivity contribution is -0.124. The summed E-state index contributed by atoms with van der Waals surface area (Å²) in [6, 6.07) is 0. The van der Waals surface area contributed by atoms with Gasteiger partial charge in [-0.05, 0) is 26.2 Å². The highest BCUT2D eigenvalue weighted by atomic mass is 16.3. The topological polar surface area (TPSA) is 49.3 Å². The molecule has 1 amide bonds. The molecule has 0 aliphatic heterocycles.